The molecule has 0 saturated heterocycles. The fourth-order valence-corrected chi connectivity index (χ4v) is 1.76. The summed E-state index contributed by atoms with van der Waals surface area (Å²) in [6.07, 6.45) is 1.59. The Hall–Kier alpha value is -2.16. The molecule has 3 heteroatoms. The van der Waals surface area contributed by atoms with E-state index in [4.69, 9.17) is 0 Å². The van der Waals surface area contributed by atoms with E-state index < -0.39 is 0 Å². The number of phenolic OH excluding ortho intramolecular Hbond substituents is 1. The average Bonchev–Trinajstić information content (AvgIpc) is 2.45. The van der Waals surface area contributed by atoms with Crippen LogP contribution in [0.2, 0.25) is 0 Å². The van der Waals surface area contributed by atoms with Crippen LogP contribution in [0, 0.1) is 19.7 Å². The van der Waals surface area contributed by atoms with Gasteiger partial charge in [-0.25, -0.2) is 4.39 Å². The predicted octanol–water partition coefficient (Wildman–Crippen LogP) is 4.92. The summed E-state index contributed by atoms with van der Waals surface area (Å²) in [6.45, 7) is 7.80. The van der Waals surface area contributed by atoms with Crippen molar-refractivity contribution >= 4 is 11.9 Å². The second-order valence-corrected chi connectivity index (χ2v) is 4.25. The van der Waals surface area contributed by atoms with Gasteiger partial charge in [0.15, 0.2) is 0 Å². The number of hydrogen-bond acceptors (Lipinski definition) is 2. The maximum Gasteiger partial charge on any atom is 0.127 e. The van der Waals surface area contributed by atoms with E-state index in [9.17, 15) is 9.50 Å². The number of phenols is 1. The molecule has 0 spiro atoms. The lowest BCUT2D eigenvalue weighted by atomic mass is 10.1. The van der Waals surface area contributed by atoms with Crippen LogP contribution in [0.15, 0.2) is 41.4 Å². The molecule has 0 amide bonds. The molecule has 0 atom stereocenters. The zero-order chi connectivity index (χ0) is 15.1. The minimum Gasteiger partial charge on any atom is -0.507 e. The van der Waals surface area contributed by atoms with Crippen molar-refractivity contribution in [2.24, 2.45) is 4.99 Å². The van der Waals surface area contributed by atoms with Gasteiger partial charge in [-0.3, -0.25) is 4.99 Å². The first-order valence-electron chi connectivity index (χ1n) is 6.66. The summed E-state index contributed by atoms with van der Waals surface area (Å²) in [7, 11) is 0. The van der Waals surface area contributed by atoms with Gasteiger partial charge in [0, 0.05) is 11.8 Å². The Balaban J connectivity index is 0.000000956. The van der Waals surface area contributed by atoms with Gasteiger partial charge in [0.1, 0.15) is 11.6 Å². The van der Waals surface area contributed by atoms with E-state index in [1.54, 1.807) is 18.3 Å². The number of rotatable bonds is 2. The van der Waals surface area contributed by atoms with Crippen molar-refractivity contribution in [3.8, 4) is 5.75 Å². The standard InChI is InChI=1S/C15H14FNO.C2H6/c1-10-7-11(2)15(18)12(8-10)9-17-14-5-3-13(16)4-6-14;1-2/h3-9,18H,1-2H3;1-2H3. The summed E-state index contributed by atoms with van der Waals surface area (Å²) in [5.74, 6) is -0.0605. The lowest BCUT2D eigenvalue weighted by molar-refractivity contribution is 0.470. The van der Waals surface area contributed by atoms with Crippen LogP contribution in [-0.4, -0.2) is 11.3 Å². The lowest BCUT2D eigenvalue weighted by Gasteiger charge is -2.04. The molecule has 0 heterocycles. The van der Waals surface area contributed by atoms with Crippen molar-refractivity contribution in [1.82, 2.24) is 0 Å². The number of halogens is 1. The van der Waals surface area contributed by atoms with E-state index in [2.05, 4.69) is 4.99 Å². The fourth-order valence-electron chi connectivity index (χ4n) is 1.76. The normalized spacial score (nSPS) is 10.2. The molecule has 106 valence electrons. The SMILES string of the molecule is CC.Cc1cc(C)c(O)c(C=Nc2ccc(F)cc2)c1. The highest BCUT2D eigenvalue weighted by molar-refractivity contribution is 5.86. The Bertz CT molecular complexity index is 589. The number of aliphatic imine (C=N–C) groups is 1. The summed E-state index contributed by atoms with van der Waals surface area (Å²) >= 11 is 0. The minimum absolute atomic E-state index is 0.228. The molecule has 1 N–H and O–H groups in total. The van der Waals surface area contributed by atoms with E-state index in [-0.39, 0.29) is 11.6 Å². The minimum atomic E-state index is -0.289. The molecule has 0 fully saturated rings. The first kappa shape index (κ1) is 15.9. The van der Waals surface area contributed by atoms with Crippen molar-refractivity contribution < 1.29 is 9.50 Å². The zero-order valence-electron chi connectivity index (χ0n) is 12.3. The topological polar surface area (TPSA) is 32.6 Å². The van der Waals surface area contributed by atoms with Crippen molar-refractivity contribution in [1.29, 1.82) is 0 Å². The number of benzene rings is 2. The van der Waals surface area contributed by atoms with Crippen LogP contribution < -0.4 is 0 Å². The third-order valence-corrected chi connectivity index (χ3v) is 2.65. The highest BCUT2D eigenvalue weighted by Crippen LogP contribution is 2.23. The maximum absolute atomic E-state index is 12.7. The number of aromatic hydroxyl groups is 1. The smallest absolute Gasteiger partial charge is 0.127 e. The zero-order valence-corrected chi connectivity index (χ0v) is 12.3. The van der Waals surface area contributed by atoms with Gasteiger partial charge in [0.25, 0.3) is 0 Å². The molecule has 0 aliphatic rings. The van der Waals surface area contributed by atoms with Gasteiger partial charge >= 0.3 is 0 Å². The van der Waals surface area contributed by atoms with Gasteiger partial charge in [0.2, 0.25) is 0 Å². The van der Waals surface area contributed by atoms with E-state index >= 15 is 0 Å². The largest absolute Gasteiger partial charge is 0.507 e. The van der Waals surface area contributed by atoms with Crippen LogP contribution in [0.4, 0.5) is 10.1 Å². The van der Waals surface area contributed by atoms with Crippen molar-refractivity contribution in [2.75, 3.05) is 0 Å². The van der Waals surface area contributed by atoms with Crippen LogP contribution in [0.5, 0.6) is 5.75 Å². The Morgan fingerprint density at radius 3 is 2.25 bits per heavy atom. The lowest BCUT2D eigenvalue weighted by Crippen LogP contribution is -1.87. The first-order valence-corrected chi connectivity index (χ1v) is 6.66. The second kappa shape index (κ2) is 7.43. The van der Waals surface area contributed by atoms with Gasteiger partial charge in [-0.15, -0.1) is 0 Å². The Kier molecular flexibility index (Phi) is 5.91. The van der Waals surface area contributed by atoms with E-state index in [1.165, 1.54) is 12.1 Å². The third-order valence-electron chi connectivity index (χ3n) is 2.65. The summed E-state index contributed by atoms with van der Waals surface area (Å²) in [4.78, 5) is 4.21. The highest BCUT2D eigenvalue weighted by atomic mass is 19.1. The second-order valence-electron chi connectivity index (χ2n) is 4.25. The van der Waals surface area contributed by atoms with Crippen molar-refractivity contribution in [3.63, 3.8) is 0 Å². The van der Waals surface area contributed by atoms with Gasteiger partial charge in [-0.2, -0.15) is 0 Å². The Morgan fingerprint density at radius 2 is 1.65 bits per heavy atom. The molecule has 0 aliphatic carbocycles. The Morgan fingerprint density at radius 1 is 1.05 bits per heavy atom. The van der Waals surface area contributed by atoms with E-state index in [0.717, 1.165) is 11.1 Å². The number of nitrogens with zero attached hydrogens (tertiary/aromatic N) is 1. The summed E-state index contributed by atoms with van der Waals surface area (Å²) < 4.78 is 12.7. The highest BCUT2D eigenvalue weighted by Gasteiger charge is 2.03. The average molecular weight is 273 g/mol. The van der Waals surface area contributed by atoms with Crippen LogP contribution in [0.1, 0.15) is 30.5 Å². The molecule has 2 aromatic rings. The third kappa shape index (κ3) is 4.19. The molecular formula is C17H20FNO. The maximum atomic E-state index is 12.7. The summed E-state index contributed by atoms with van der Waals surface area (Å²) in [5, 5.41) is 9.89. The molecule has 2 aromatic carbocycles. The van der Waals surface area contributed by atoms with Crippen LogP contribution >= 0.6 is 0 Å². The van der Waals surface area contributed by atoms with Crippen molar-refractivity contribution in [2.45, 2.75) is 27.7 Å². The van der Waals surface area contributed by atoms with Crippen LogP contribution in [0.25, 0.3) is 0 Å². The summed E-state index contributed by atoms with van der Waals surface area (Å²) in [6, 6.07) is 9.65. The monoisotopic (exact) mass is 273 g/mol. The van der Waals surface area contributed by atoms with Crippen LogP contribution in [-0.2, 0) is 0 Å². The van der Waals surface area contributed by atoms with E-state index in [1.807, 2.05) is 39.8 Å². The first-order chi connectivity index (χ1) is 9.56. The molecule has 0 bridgehead atoms. The molecule has 0 saturated carbocycles. The molecule has 2 nitrogen and oxygen atoms in total. The number of hydrogen-bond donors (Lipinski definition) is 1. The van der Waals surface area contributed by atoms with Gasteiger partial charge in [-0.1, -0.05) is 19.9 Å². The molecule has 0 aromatic heterocycles. The molecule has 0 radical (unpaired) electrons. The van der Waals surface area contributed by atoms with E-state index in [0.29, 0.717) is 11.3 Å². The molecule has 0 aliphatic heterocycles. The van der Waals surface area contributed by atoms with Gasteiger partial charge in [0.05, 0.1) is 5.69 Å². The van der Waals surface area contributed by atoms with Gasteiger partial charge < -0.3 is 5.11 Å². The fraction of sp³-hybridized carbons (Fsp3) is 0.235. The molecule has 2 rings (SSSR count). The number of aryl methyl sites for hydroxylation is 2. The van der Waals surface area contributed by atoms with Gasteiger partial charge in [-0.05, 0) is 55.3 Å². The molecule has 0 unspecified atom stereocenters. The molecule has 20 heavy (non-hydrogen) atoms. The van der Waals surface area contributed by atoms with Crippen molar-refractivity contribution in [3.05, 3.63) is 58.9 Å². The van der Waals surface area contributed by atoms with Crippen LogP contribution in [0.3, 0.4) is 0 Å². The Labute approximate surface area is 119 Å². The quantitative estimate of drug-likeness (QED) is 0.773. The molecular weight excluding hydrogens is 253 g/mol. The predicted molar refractivity (Wildman–Crippen MR) is 82.6 cm³/mol. The summed E-state index contributed by atoms with van der Waals surface area (Å²) in [5.41, 5.74) is 3.19.